The molecule has 0 fully saturated rings. The molecule has 0 unspecified atom stereocenters. The normalized spacial score (nSPS) is 11.3. The molecule has 2 heterocycles. The molecule has 0 atom stereocenters. The molecule has 0 saturated carbocycles. The van der Waals surface area contributed by atoms with Gasteiger partial charge < -0.3 is 23.9 Å². The Morgan fingerprint density at radius 2 is 1.83 bits per heavy atom. The highest BCUT2D eigenvalue weighted by atomic mass is 35.5. The lowest BCUT2D eigenvalue weighted by Crippen LogP contribution is -2.21. The maximum Gasteiger partial charge on any atom is 0.282 e. The summed E-state index contributed by atoms with van der Waals surface area (Å²) in [5.41, 5.74) is 1.11. The van der Waals surface area contributed by atoms with Gasteiger partial charge in [-0.3, -0.25) is 9.59 Å². The third-order valence-corrected chi connectivity index (χ3v) is 7.15. The number of rotatable bonds is 10. The highest BCUT2D eigenvalue weighted by Gasteiger charge is 2.19. The quantitative estimate of drug-likeness (QED) is 0.162. The first-order chi connectivity index (χ1) is 22.4. The number of furan rings is 1. The maximum absolute atomic E-state index is 13.9. The van der Waals surface area contributed by atoms with Gasteiger partial charge in [-0.2, -0.15) is 9.78 Å². The van der Waals surface area contributed by atoms with Crippen LogP contribution in [0.1, 0.15) is 12.5 Å². The Hall–Kier alpha value is -5.68. The highest BCUT2D eigenvalue weighted by molar-refractivity contribution is 6.32. The number of ether oxygens (including phenoxy) is 3. The topological polar surface area (TPSA) is 117 Å². The predicted octanol–water partition coefficient (Wildman–Crippen LogP) is 6.91. The van der Waals surface area contributed by atoms with Crippen molar-refractivity contribution < 1.29 is 27.8 Å². The molecule has 6 aromatic rings. The second-order valence-electron chi connectivity index (χ2n) is 9.88. The number of carbonyl (C=O) groups is 1. The van der Waals surface area contributed by atoms with Crippen molar-refractivity contribution in [2.75, 3.05) is 25.6 Å². The smallest absolute Gasteiger partial charge is 0.282 e. The van der Waals surface area contributed by atoms with Gasteiger partial charge in [0.2, 0.25) is 5.82 Å². The number of amides is 1. The Balaban J connectivity index is 1.34. The van der Waals surface area contributed by atoms with Crippen molar-refractivity contribution in [2.45, 2.75) is 6.92 Å². The minimum absolute atomic E-state index is 0.0263. The molecule has 232 valence electrons. The first-order valence-electron chi connectivity index (χ1n) is 14.1. The van der Waals surface area contributed by atoms with Crippen LogP contribution in [-0.2, 0) is 4.79 Å². The third-order valence-electron chi connectivity index (χ3n) is 6.87. The molecule has 0 radical (unpaired) electrons. The SMILES string of the molecule is CCOc1cc(C=Nn2c(-c3cc4c(OC)cccc4o3)nc3ccccc3c2=O)cc(Cl)c1OCC(=O)Nc1ccccc1F. The van der Waals surface area contributed by atoms with E-state index in [4.69, 9.17) is 35.2 Å². The Kier molecular flexibility index (Phi) is 8.66. The molecule has 10 nitrogen and oxygen atoms in total. The minimum Gasteiger partial charge on any atom is -0.496 e. The van der Waals surface area contributed by atoms with Crippen molar-refractivity contribution in [1.82, 2.24) is 9.66 Å². The van der Waals surface area contributed by atoms with Crippen LogP contribution in [0, 0.1) is 5.82 Å². The van der Waals surface area contributed by atoms with Crippen molar-refractivity contribution in [1.29, 1.82) is 0 Å². The zero-order valence-corrected chi connectivity index (χ0v) is 25.4. The van der Waals surface area contributed by atoms with Crippen LogP contribution >= 0.6 is 11.6 Å². The van der Waals surface area contributed by atoms with Gasteiger partial charge in [0, 0.05) is 0 Å². The Bertz CT molecular complexity index is 2180. The van der Waals surface area contributed by atoms with Crippen LogP contribution in [0.2, 0.25) is 5.02 Å². The van der Waals surface area contributed by atoms with Crippen LogP contribution in [0.4, 0.5) is 10.1 Å². The van der Waals surface area contributed by atoms with E-state index in [2.05, 4.69) is 10.4 Å². The van der Waals surface area contributed by atoms with Gasteiger partial charge in [-0.15, -0.1) is 0 Å². The van der Waals surface area contributed by atoms with Crippen LogP contribution in [0.25, 0.3) is 33.5 Å². The molecule has 0 spiro atoms. The lowest BCUT2D eigenvalue weighted by atomic mass is 10.2. The van der Waals surface area contributed by atoms with Gasteiger partial charge in [-0.05, 0) is 67.1 Å². The van der Waals surface area contributed by atoms with E-state index in [0.29, 0.717) is 38.9 Å². The lowest BCUT2D eigenvalue weighted by Gasteiger charge is -2.14. The second kappa shape index (κ2) is 13.1. The van der Waals surface area contributed by atoms with E-state index in [1.807, 2.05) is 6.07 Å². The molecule has 46 heavy (non-hydrogen) atoms. The fourth-order valence-corrected chi connectivity index (χ4v) is 5.06. The summed E-state index contributed by atoms with van der Waals surface area (Å²) in [4.78, 5) is 30.8. The standard InChI is InChI=1S/C34H26ClFN4O6/c1-3-44-29-16-20(15-23(35)32(29)45-19-31(41)38-26-12-7-5-10-24(26)36)18-37-40-33(39-25-11-6-4-9-21(25)34(40)42)30-17-22-27(43-2)13-8-14-28(22)46-30/h4-18H,3,19H2,1-2H3,(H,38,41). The van der Waals surface area contributed by atoms with Gasteiger partial charge in [0.1, 0.15) is 17.1 Å². The fourth-order valence-electron chi connectivity index (χ4n) is 4.79. The summed E-state index contributed by atoms with van der Waals surface area (Å²) in [7, 11) is 1.56. The molecule has 0 aliphatic rings. The third kappa shape index (κ3) is 6.13. The number of halogens is 2. The molecule has 1 N–H and O–H groups in total. The van der Waals surface area contributed by atoms with E-state index in [-0.39, 0.29) is 34.6 Å². The molecular formula is C34H26ClFN4O6. The van der Waals surface area contributed by atoms with Crippen LogP contribution in [0.3, 0.4) is 0 Å². The number of hydrogen-bond donors (Lipinski definition) is 1. The van der Waals surface area contributed by atoms with Gasteiger partial charge >= 0.3 is 0 Å². The van der Waals surface area contributed by atoms with Crippen LogP contribution in [0.15, 0.2) is 99.2 Å². The van der Waals surface area contributed by atoms with E-state index in [0.717, 1.165) is 4.68 Å². The van der Waals surface area contributed by atoms with Gasteiger partial charge in [0.25, 0.3) is 11.5 Å². The zero-order valence-electron chi connectivity index (χ0n) is 24.6. The number of carbonyl (C=O) groups excluding carboxylic acids is 1. The van der Waals surface area contributed by atoms with Gasteiger partial charge in [-0.25, -0.2) is 9.37 Å². The number of para-hydroxylation sites is 2. The minimum atomic E-state index is -0.590. The number of hydrogen-bond acceptors (Lipinski definition) is 8. The number of aromatic nitrogens is 2. The van der Waals surface area contributed by atoms with E-state index in [1.165, 1.54) is 24.4 Å². The summed E-state index contributed by atoms with van der Waals surface area (Å²) in [6.07, 6.45) is 1.42. The summed E-state index contributed by atoms with van der Waals surface area (Å²) in [5.74, 6) is 0.287. The number of benzene rings is 4. The largest absolute Gasteiger partial charge is 0.496 e. The Morgan fingerprint density at radius 3 is 2.63 bits per heavy atom. The number of methoxy groups -OCH3 is 1. The van der Waals surface area contributed by atoms with E-state index in [9.17, 15) is 14.0 Å². The number of fused-ring (bicyclic) bond motifs is 2. The van der Waals surface area contributed by atoms with E-state index in [1.54, 1.807) is 74.7 Å². The first-order valence-corrected chi connectivity index (χ1v) is 14.5. The van der Waals surface area contributed by atoms with Crippen LogP contribution in [0.5, 0.6) is 17.2 Å². The molecule has 0 aliphatic heterocycles. The van der Waals surface area contributed by atoms with Crippen molar-refractivity contribution in [2.24, 2.45) is 5.10 Å². The van der Waals surface area contributed by atoms with E-state index >= 15 is 0 Å². The monoisotopic (exact) mass is 640 g/mol. The Morgan fingerprint density at radius 1 is 1.02 bits per heavy atom. The highest BCUT2D eigenvalue weighted by Crippen LogP contribution is 2.37. The molecule has 2 aromatic heterocycles. The lowest BCUT2D eigenvalue weighted by molar-refractivity contribution is -0.118. The van der Waals surface area contributed by atoms with E-state index < -0.39 is 23.9 Å². The number of anilines is 1. The molecule has 12 heteroatoms. The molecule has 0 aliphatic carbocycles. The molecular weight excluding hydrogens is 615 g/mol. The van der Waals surface area contributed by atoms with Crippen molar-refractivity contribution in [3.05, 3.63) is 112 Å². The molecule has 6 rings (SSSR count). The Labute approximate surface area is 266 Å². The summed E-state index contributed by atoms with van der Waals surface area (Å²) in [6, 6.07) is 23.0. The summed E-state index contributed by atoms with van der Waals surface area (Å²) in [6.45, 7) is 1.59. The zero-order chi connectivity index (χ0) is 32.2. The second-order valence-corrected chi connectivity index (χ2v) is 10.3. The molecule has 0 bridgehead atoms. The number of nitrogens with one attached hydrogen (secondary N) is 1. The van der Waals surface area contributed by atoms with Gasteiger partial charge in [0.05, 0.1) is 46.9 Å². The maximum atomic E-state index is 13.9. The summed E-state index contributed by atoms with van der Waals surface area (Å²) < 4.78 is 38.1. The van der Waals surface area contributed by atoms with Crippen LogP contribution < -0.4 is 25.1 Å². The average Bonchev–Trinajstić information content (AvgIpc) is 3.50. The van der Waals surface area contributed by atoms with Gasteiger partial charge in [-0.1, -0.05) is 41.9 Å². The summed E-state index contributed by atoms with van der Waals surface area (Å²) in [5, 5.41) is 8.14. The van der Waals surface area contributed by atoms with Crippen molar-refractivity contribution in [3.63, 3.8) is 0 Å². The molecule has 4 aromatic carbocycles. The van der Waals surface area contributed by atoms with Crippen molar-refractivity contribution in [3.8, 4) is 28.8 Å². The predicted molar refractivity (Wildman–Crippen MR) is 174 cm³/mol. The van der Waals surface area contributed by atoms with Gasteiger partial charge in [0.15, 0.2) is 23.9 Å². The fraction of sp³-hybridized carbons (Fsp3) is 0.118. The molecule has 1 amide bonds. The average molecular weight is 641 g/mol. The van der Waals surface area contributed by atoms with Crippen molar-refractivity contribution >= 4 is 51.3 Å². The first kappa shape index (κ1) is 30.4. The molecule has 0 saturated heterocycles. The number of nitrogens with zero attached hydrogens (tertiary/aromatic N) is 3. The van der Waals surface area contributed by atoms with Crippen LogP contribution in [-0.4, -0.2) is 42.1 Å². The summed E-state index contributed by atoms with van der Waals surface area (Å²) >= 11 is 6.57.